The number of halogens is 1. The van der Waals surface area contributed by atoms with Crippen LogP contribution >= 0.6 is 11.6 Å². The van der Waals surface area contributed by atoms with Crippen molar-refractivity contribution in [2.75, 3.05) is 26.2 Å². The van der Waals surface area contributed by atoms with E-state index in [-0.39, 0.29) is 0 Å². The molecule has 1 aliphatic heterocycles. The van der Waals surface area contributed by atoms with Crippen molar-refractivity contribution in [3.8, 4) is 0 Å². The minimum atomic E-state index is 0.758. The largest absolute Gasteiger partial charge is 0.327 e. The molecule has 114 valence electrons. The molecule has 1 N–H and O–H groups in total. The summed E-state index contributed by atoms with van der Waals surface area (Å²) in [5.74, 6) is 1.16. The SMILES string of the molecule is CCCn1c(CN2CCCNCC2)nc2cc(Cl)ccc21. The molecule has 4 nitrogen and oxygen atoms in total. The number of hydrogen-bond donors (Lipinski definition) is 1. The third-order valence-electron chi connectivity index (χ3n) is 4.03. The molecule has 1 aromatic heterocycles. The molecule has 2 heterocycles. The van der Waals surface area contributed by atoms with E-state index in [2.05, 4.69) is 27.8 Å². The summed E-state index contributed by atoms with van der Waals surface area (Å²) >= 11 is 6.10. The minimum absolute atomic E-state index is 0.758. The van der Waals surface area contributed by atoms with Crippen LogP contribution < -0.4 is 5.32 Å². The fourth-order valence-corrected chi connectivity index (χ4v) is 3.17. The summed E-state index contributed by atoms with van der Waals surface area (Å²) in [7, 11) is 0. The first-order valence-corrected chi connectivity index (χ1v) is 8.23. The summed E-state index contributed by atoms with van der Waals surface area (Å²) in [5, 5.41) is 4.21. The van der Waals surface area contributed by atoms with Gasteiger partial charge in [-0.3, -0.25) is 4.90 Å². The van der Waals surface area contributed by atoms with E-state index in [4.69, 9.17) is 16.6 Å². The van der Waals surface area contributed by atoms with Gasteiger partial charge in [-0.1, -0.05) is 18.5 Å². The first kappa shape index (κ1) is 14.8. The second-order valence-electron chi connectivity index (χ2n) is 5.69. The van der Waals surface area contributed by atoms with Gasteiger partial charge < -0.3 is 9.88 Å². The fourth-order valence-electron chi connectivity index (χ4n) is 3.01. The van der Waals surface area contributed by atoms with Gasteiger partial charge in [0.2, 0.25) is 0 Å². The van der Waals surface area contributed by atoms with Crippen LogP contribution in [0.25, 0.3) is 11.0 Å². The van der Waals surface area contributed by atoms with E-state index >= 15 is 0 Å². The fraction of sp³-hybridized carbons (Fsp3) is 0.562. The first-order valence-electron chi connectivity index (χ1n) is 7.85. The maximum absolute atomic E-state index is 6.10. The van der Waals surface area contributed by atoms with E-state index in [0.29, 0.717) is 0 Å². The number of nitrogens with one attached hydrogen (secondary N) is 1. The van der Waals surface area contributed by atoms with Crippen molar-refractivity contribution >= 4 is 22.6 Å². The second kappa shape index (κ2) is 6.77. The van der Waals surface area contributed by atoms with Gasteiger partial charge in [-0.2, -0.15) is 0 Å². The quantitative estimate of drug-likeness (QED) is 0.943. The Labute approximate surface area is 131 Å². The van der Waals surface area contributed by atoms with Crippen LogP contribution in [0, 0.1) is 0 Å². The van der Waals surface area contributed by atoms with Crippen LogP contribution in [0.3, 0.4) is 0 Å². The summed E-state index contributed by atoms with van der Waals surface area (Å²) in [6.07, 6.45) is 2.32. The smallest absolute Gasteiger partial charge is 0.124 e. The summed E-state index contributed by atoms with van der Waals surface area (Å²) in [6.45, 7) is 8.57. The lowest BCUT2D eigenvalue weighted by atomic mass is 10.3. The molecule has 0 amide bonds. The Morgan fingerprint density at radius 3 is 3.05 bits per heavy atom. The molecule has 0 atom stereocenters. The van der Waals surface area contributed by atoms with Crippen LogP contribution in [0.15, 0.2) is 18.2 Å². The number of aryl methyl sites for hydroxylation is 1. The van der Waals surface area contributed by atoms with Crippen LogP contribution in [0.1, 0.15) is 25.6 Å². The molecule has 0 unspecified atom stereocenters. The molecule has 5 heteroatoms. The molecule has 3 rings (SSSR count). The van der Waals surface area contributed by atoms with Crippen molar-refractivity contribution in [2.24, 2.45) is 0 Å². The standard InChI is InChI=1S/C16H23ClN4/c1-2-8-21-15-5-4-13(17)11-14(15)19-16(21)12-20-9-3-6-18-7-10-20/h4-5,11,18H,2-3,6-10,12H2,1H3. The van der Waals surface area contributed by atoms with Crippen molar-refractivity contribution in [2.45, 2.75) is 32.9 Å². The van der Waals surface area contributed by atoms with Gasteiger partial charge in [-0.15, -0.1) is 0 Å². The normalized spacial score (nSPS) is 17.2. The number of nitrogens with zero attached hydrogens (tertiary/aromatic N) is 3. The minimum Gasteiger partial charge on any atom is -0.327 e. The van der Waals surface area contributed by atoms with Gasteiger partial charge in [-0.05, 0) is 44.1 Å². The van der Waals surface area contributed by atoms with Gasteiger partial charge in [-0.25, -0.2) is 4.98 Å². The maximum Gasteiger partial charge on any atom is 0.124 e. The third kappa shape index (κ3) is 3.39. The first-order chi connectivity index (χ1) is 10.3. The number of hydrogen-bond acceptors (Lipinski definition) is 3. The van der Waals surface area contributed by atoms with Gasteiger partial charge in [0.1, 0.15) is 5.82 Å². The number of fused-ring (bicyclic) bond motifs is 1. The molecule has 1 aliphatic rings. The highest BCUT2D eigenvalue weighted by Gasteiger charge is 2.15. The van der Waals surface area contributed by atoms with Crippen molar-refractivity contribution in [1.29, 1.82) is 0 Å². The molecule has 21 heavy (non-hydrogen) atoms. The van der Waals surface area contributed by atoms with E-state index in [0.717, 1.165) is 62.1 Å². The summed E-state index contributed by atoms with van der Waals surface area (Å²) in [5.41, 5.74) is 2.21. The zero-order valence-electron chi connectivity index (χ0n) is 12.6. The van der Waals surface area contributed by atoms with Crippen LogP contribution in [-0.2, 0) is 13.1 Å². The van der Waals surface area contributed by atoms with Gasteiger partial charge in [0, 0.05) is 24.7 Å². The second-order valence-corrected chi connectivity index (χ2v) is 6.13. The molecule has 0 spiro atoms. The monoisotopic (exact) mass is 306 g/mol. The zero-order chi connectivity index (χ0) is 14.7. The van der Waals surface area contributed by atoms with Crippen molar-refractivity contribution in [3.63, 3.8) is 0 Å². The lowest BCUT2D eigenvalue weighted by Crippen LogP contribution is -2.29. The average Bonchev–Trinajstić information content (AvgIpc) is 2.65. The molecule has 1 saturated heterocycles. The lowest BCUT2D eigenvalue weighted by molar-refractivity contribution is 0.273. The molecule has 1 fully saturated rings. The molecule has 2 aromatic rings. The number of aromatic nitrogens is 2. The molecule has 0 saturated carbocycles. The van der Waals surface area contributed by atoms with Crippen LogP contribution in [0.4, 0.5) is 0 Å². The van der Waals surface area contributed by atoms with Crippen molar-refractivity contribution < 1.29 is 0 Å². The van der Waals surface area contributed by atoms with E-state index in [9.17, 15) is 0 Å². The lowest BCUT2D eigenvalue weighted by Gasteiger charge is -2.19. The van der Waals surface area contributed by atoms with E-state index in [1.165, 1.54) is 11.9 Å². The number of rotatable bonds is 4. The molecule has 0 bridgehead atoms. The van der Waals surface area contributed by atoms with Gasteiger partial charge in [0.05, 0.1) is 17.6 Å². The van der Waals surface area contributed by atoms with Gasteiger partial charge in [0.25, 0.3) is 0 Å². The van der Waals surface area contributed by atoms with Crippen LogP contribution in [0.2, 0.25) is 5.02 Å². The Morgan fingerprint density at radius 1 is 1.29 bits per heavy atom. The number of imidazole rings is 1. The zero-order valence-corrected chi connectivity index (χ0v) is 13.4. The van der Waals surface area contributed by atoms with Crippen LogP contribution in [0.5, 0.6) is 0 Å². The Kier molecular flexibility index (Phi) is 4.78. The molecule has 1 aromatic carbocycles. The molecular weight excluding hydrogens is 284 g/mol. The summed E-state index contributed by atoms with van der Waals surface area (Å²) in [6, 6.07) is 6.02. The van der Waals surface area contributed by atoms with E-state index in [1.54, 1.807) is 0 Å². The highest BCUT2D eigenvalue weighted by Crippen LogP contribution is 2.22. The Bertz CT molecular complexity index is 600. The Hall–Kier alpha value is -1.10. The predicted octanol–water partition coefficient (Wildman–Crippen LogP) is 2.90. The summed E-state index contributed by atoms with van der Waals surface area (Å²) in [4.78, 5) is 7.33. The summed E-state index contributed by atoms with van der Waals surface area (Å²) < 4.78 is 2.35. The topological polar surface area (TPSA) is 33.1 Å². The predicted molar refractivity (Wildman–Crippen MR) is 87.8 cm³/mol. The van der Waals surface area contributed by atoms with Crippen molar-refractivity contribution in [1.82, 2.24) is 19.8 Å². The molecule has 0 radical (unpaired) electrons. The van der Waals surface area contributed by atoms with Crippen molar-refractivity contribution in [3.05, 3.63) is 29.0 Å². The van der Waals surface area contributed by atoms with Gasteiger partial charge in [0.15, 0.2) is 0 Å². The average molecular weight is 307 g/mol. The van der Waals surface area contributed by atoms with Crippen LogP contribution in [-0.4, -0.2) is 40.6 Å². The maximum atomic E-state index is 6.10. The Morgan fingerprint density at radius 2 is 2.19 bits per heavy atom. The number of benzene rings is 1. The van der Waals surface area contributed by atoms with E-state index < -0.39 is 0 Å². The highest BCUT2D eigenvalue weighted by atomic mass is 35.5. The highest BCUT2D eigenvalue weighted by molar-refractivity contribution is 6.31. The Balaban J connectivity index is 1.90. The van der Waals surface area contributed by atoms with E-state index in [1.807, 2.05) is 12.1 Å². The molecular formula is C16H23ClN4. The molecule has 0 aliphatic carbocycles. The third-order valence-corrected chi connectivity index (χ3v) is 4.27. The van der Waals surface area contributed by atoms with Gasteiger partial charge >= 0.3 is 0 Å².